The van der Waals surface area contributed by atoms with E-state index < -0.39 is 0 Å². The van der Waals surface area contributed by atoms with E-state index in [-0.39, 0.29) is 0 Å². The monoisotopic (exact) mass is 410 g/mol. The molecule has 28 heavy (non-hydrogen) atoms. The molecule has 142 valence electrons. The van der Waals surface area contributed by atoms with Crippen LogP contribution in [0.1, 0.15) is 18.5 Å². The first-order valence-corrected chi connectivity index (χ1v) is 10.7. The van der Waals surface area contributed by atoms with E-state index in [1.54, 1.807) is 11.8 Å². The van der Waals surface area contributed by atoms with Gasteiger partial charge >= 0.3 is 0 Å². The van der Waals surface area contributed by atoms with Gasteiger partial charge in [0, 0.05) is 36.3 Å². The summed E-state index contributed by atoms with van der Waals surface area (Å²) >= 11 is 7.90. The number of nitrogens with zero attached hydrogens (tertiary/aromatic N) is 6. The van der Waals surface area contributed by atoms with Gasteiger partial charge in [-0.25, -0.2) is 4.98 Å². The molecule has 0 amide bonds. The van der Waals surface area contributed by atoms with Crippen LogP contribution in [0.5, 0.6) is 0 Å². The van der Waals surface area contributed by atoms with E-state index in [9.17, 15) is 0 Å². The third kappa shape index (κ3) is 3.36. The van der Waals surface area contributed by atoms with Crippen molar-refractivity contribution < 1.29 is 0 Å². The Morgan fingerprint density at radius 1 is 1.04 bits per heavy atom. The lowest BCUT2D eigenvalue weighted by atomic mass is 10.3. The average Bonchev–Trinajstić information content (AvgIpc) is 3.44. The molecule has 4 heterocycles. The summed E-state index contributed by atoms with van der Waals surface area (Å²) in [6, 6.07) is 13.9. The Morgan fingerprint density at radius 3 is 2.75 bits per heavy atom. The number of anilines is 1. The summed E-state index contributed by atoms with van der Waals surface area (Å²) in [5.74, 6) is 1.61. The van der Waals surface area contributed by atoms with Crippen molar-refractivity contribution in [3.63, 3.8) is 0 Å². The minimum atomic E-state index is 0.704. The van der Waals surface area contributed by atoms with E-state index in [4.69, 9.17) is 11.6 Å². The Labute approximate surface area is 172 Å². The second-order valence-electron chi connectivity index (χ2n) is 6.78. The Bertz CT molecular complexity index is 1080. The number of hydrogen-bond acceptors (Lipinski definition) is 5. The summed E-state index contributed by atoms with van der Waals surface area (Å²) in [4.78, 5) is 6.98. The van der Waals surface area contributed by atoms with Crippen molar-refractivity contribution >= 4 is 35.0 Å². The zero-order chi connectivity index (χ0) is 18.9. The molecule has 8 heteroatoms. The molecule has 1 fully saturated rings. The fourth-order valence-corrected chi connectivity index (χ4v) is 4.53. The predicted molar refractivity (Wildman–Crippen MR) is 113 cm³/mol. The molecule has 1 aliphatic rings. The van der Waals surface area contributed by atoms with Crippen LogP contribution in [0.4, 0.5) is 5.95 Å². The van der Waals surface area contributed by atoms with Gasteiger partial charge in [0.1, 0.15) is 5.65 Å². The van der Waals surface area contributed by atoms with Crippen LogP contribution in [0.2, 0.25) is 5.02 Å². The number of pyridine rings is 1. The normalized spacial score (nSPS) is 14.2. The second kappa shape index (κ2) is 7.48. The van der Waals surface area contributed by atoms with Gasteiger partial charge in [0.05, 0.1) is 11.4 Å². The number of halogens is 1. The van der Waals surface area contributed by atoms with Gasteiger partial charge in [-0.15, -0.1) is 10.2 Å². The molecular weight excluding hydrogens is 392 g/mol. The van der Waals surface area contributed by atoms with Gasteiger partial charge < -0.3 is 9.30 Å². The molecular formula is C20H19ClN6S. The molecule has 0 saturated carbocycles. The van der Waals surface area contributed by atoms with E-state index >= 15 is 0 Å². The predicted octanol–water partition coefficient (Wildman–Crippen LogP) is 4.46. The molecule has 3 aromatic heterocycles. The minimum Gasteiger partial charge on any atom is -0.341 e. The van der Waals surface area contributed by atoms with Gasteiger partial charge in [0.15, 0.2) is 5.16 Å². The smallest absolute Gasteiger partial charge is 0.232 e. The Morgan fingerprint density at radius 2 is 1.93 bits per heavy atom. The number of hydrogen-bond donors (Lipinski definition) is 0. The SMILES string of the molecule is Clc1cccc(-n2c(SCc3cn4ccccc4n3)nnc2N2CCCC2)c1. The Balaban J connectivity index is 1.48. The van der Waals surface area contributed by atoms with Crippen LogP contribution < -0.4 is 4.90 Å². The quantitative estimate of drug-likeness (QED) is 0.454. The summed E-state index contributed by atoms with van der Waals surface area (Å²) < 4.78 is 4.14. The van der Waals surface area contributed by atoms with E-state index in [0.717, 1.165) is 47.0 Å². The summed E-state index contributed by atoms with van der Waals surface area (Å²) in [5, 5.41) is 10.6. The van der Waals surface area contributed by atoms with Crippen LogP contribution in [0, 0.1) is 0 Å². The average molecular weight is 411 g/mol. The molecule has 6 nitrogen and oxygen atoms in total. The van der Waals surface area contributed by atoms with Crippen molar-refractivity contribution in [3.8, 4) is 5.69 Å². The highest BCUT2D eigenvalue weighted by Gasteiger charge is 2.22. The first-order valence-electron chi connectivity index (χ1n) is 9.30. The van der Waals surface area contributed by atoms with Crippen molar-refractivity contribution in [3.05, 3.63) is 65.6 Å². The standard InChI is InChI=1S/C20H19ClN6S/c21-15-6-5-7-17(12-15)27-19(25-9-3-4-10-25)23-24-20(27)28-14-16-13-26-11-2-1-8-18(26)22-16/h1-2,5-8,11-13H,3-4,9-10,14H2. The lowest BCUT2D eigenvalue weighted by molar-refractivity contribution is 0.841. The summed E-state index contributed by atoms with van der Waals surface area (Å²) in [6.45, 7) is 2.02. The van der Waals surface area contributed by atoms with Crippen LogP contribution in [0.15, 0.2) is 60.0 Å². The number of aromatic nitrogens is 5. The van der Waals surface area contributed by atoms with Crippen LogP contribution in [-0.2, 0) is 5.75 Å². The van der Waals surface area contributed by atoms with Gasteiger partial charge in [-0.3, -0.25) is 4.57 Å². The lowest BCUT2D eigenvalue weighted by Gasteiger charge is -2.18. The summed E-state index contributed by atoms with van der Waals surface area (Å²) in [5.41, 5.74) is 2.95. The highest BCUT2D eigenvalue weighted by atomic mass is 35.5. The molecule has 0 N–H and O–H groups in total. The molecule has 1 aliphatic heterocycles. The molecule has 1 aromatic carbocycles. The third-order valence-corrected chi connectivity index (χ3v) is 6.03. The molecule has 1 saturated heterocycles. The zero-order valence-corrected chi connectivity index (χ0v) is 16.8. The minimum absolute atomic E-state index is 0.704. The summed E-state index contributed by atoms with van der Waals surface area (Å²) in [6.07, 6.45) is 6.44. The van der Waals surface area contributed by atoms with Crippen molar-refractivity contribution in [2.24, 2.45) is 0 Å². The lowest BCUT2D eigenvalue weighted by Crippen LogP contribution is -2.22. The maximum atomic E-state index is 6.26. The molecule has 0 radical (unpaired) electrons. The molecule has 0 aliphatic carbocycles. The van der Waals surface area contributed by atoms with Gasteiger partial charge in [0.25, 0.3) is 0 Å². The van der Waals surface area contributed by atoms with E-state index in [1.165, 1.54) is 12.8 Å². The number of imidazole rings is 1. The Hall–Kier alpha value is -2.51. The highest BCUT2D eigenvalue weighted by molar-refractivity contribution is 7.98. The van der Waals surface area contributed by atoms with E-state index in [0.29, 0.717) is 5.02 Å². The largest absolute Gasteiger partial charge is 0.341 e. The highest BCUT2D eigenvalue weighted by Crippen LogP contribution is 2.31. The molecule has 4 aromatic rings. The van der Waals surface area contributed by atoms with Gasteiger partial charge in [-0.1, -0.05) is 35.5 Å². The summed E-state index contributed by atoms with van der Waals surface area (Å²) in [7, 11) is 0. The third-order valence-electron chi connectivity index (χ3n) is 4.83. The van der Waals surface area contributed by atoms with Crippen molar-refractivity contribution in [1.82, 2.24) is 24.1 Å². The van der Waals surface area contributed by atoms with Gasteiger partial charge in [-0.05, 0) is 43.2 Å². The van der Waals surface area contributed by atoms with Crippen LogP contribution in [-0.4, -0.2) is 37.2 Å². The fraction of sp³-hybridized carbons (Fsp3) is 0.250. The molecule has 5 rings (SSSR count). The maximum absolute atomic E-state index is 6.26. The van der Waals surface area contributed by atoms with Crippen LogP contribution in [0.25, 0.3) is 11.3 Å². The van der Waals surface area contributed by atoms with Gasteiger partial charge in [-0.2, -0.15) is 0 Å². The van der Waals surface area contributed by atoms with Crippen LogP contribution >= 0.6 is 23.4 Å². The van der Waals surface area contributed by atoms with Crippen molar-refractivity contribution in [2.75, 3.05) is 18.0 Å². The topological polar surface area (TPSA) is 51.3 Å². The molecule has 0 spiro atoms. The first-order chi connectivity index (χ1) is 13.8. The van der Waals surface area contributed by atoms with Crippen molar-refractivity contribution in [2.45, 2.75) is 23.8 Å². The zero-order valence-electron chi connectivity index (χ0n) is 15.2. The second-order valence-corrected chi connectivity index (χ2v) is 8.16. The van der Waals surface area contributed by atoms with Crippen LogP contribution in [0.3, 0.4) is 0 Å². The molecule has 0 bridgehead atoms. The molecule has 0 atom stereocenters. The fourth-order valence-electron chi connectivity index (χ4n) is 3.51. The molecule has 0 unspecified atom stereocenters. The maximum Gasteiger partial charge on any atom is 0.232 e. The van der Waals surface area contributed by atoms with E-state index in [1.807, 2.05) is 53.1 Å². The first kappa shape index (κ1) is 17.6. The van der Waals surface area contributed by atoms with Crippen molar-refractivity contribution in [1.29, 1.82) is 0 Å². The Kier molecular flexibility index (Phi) is 4.70. The van der Waals surface area contributed by atoms with Gasteiger partial charge in [0.2, 0.25) is 5.95 Å². The number of benzene rings is 1. The number of rotatable bonds is 5. The number of thioether (sulfide) groups is 1. The van der Waals surface area contributed by atoms with E-state index in [2.05, 4.69) is 30.8 Å². The number of fused-ring (bicyclic) bond motifs is 1.